The maximum atomic E-state index is 13.1. The molecule has 2 rings (SSSR count). The minimum atomic E-state index is -0.282. The maximum Gasteiger partial charge on any atom is 0.164 e. The number of anilines is 1. The Hall–Kier alpha value is -1.87. The molecule has 0 saturated heterocycles. The van der Waals surface area contributed by atoms with E-state index in [0.717, 1.165) is 5.69 Å². The van der Waals surface area contributed by atoms with Crippen molar-refractivity contribution in [3.63, 3.8) is 0 Å². The molecule has 0 unspecified atom stereocenters. The van der Waals surface area contributed by atoms with Crippen molar-refractivity contribution in [2.24, 2.45) is 0 Å². The second-order valence-corrected chi connectivity index (χ2v) is 5.02. The van der Waals surface area contributed by atoms with Crippen LogP contribution in [0.25, 0.3) is 0 Å². The zero-order valence-corrected chi connectivity index (χ0v) is 11.9. The van der Waals surface area contributed by atoms with Gasteiger partial charge < -0.3 is 4.90 Å². The predicted octanol–water partition coefficient (Wildman–Crippen LogP) is 4.19. The fourth-order valence-corrected chi connectivity index (χ4v) is 2.11. The fraction of sp³-hybridized carbons (Fsp3) is 0.188. The maximum absolute atomic E-state index is 13.1. The van der Waals surface area contributed by atoms with Crippen molar-refractivity contribution < 1.29 is 9.18 Å². The van der Waals surface area contributed by atoms with Crippen LogP contribution in [0.15, 0.2) is 48.5 Å². The van der Waals surface area contributed by atoms with Crippen LogP contribution >= 0.6 is 11.6 Å². The van der Waals surface area contributed by atoms with E-state index >= 15 is 0 Å². The second-order valence-electron chi connectivity index (χ2n) is 4.58. The predicted molar refractivity (Wildman–Crippen MR) is 80.1 cm³/mol. The van der Waals surface area contributed by atoms with E-state index in [-0.39, 0.29) is 11.6 Å². The Morgan fingerprint density at radius 2 is 1.95 bits per heavy atom. The molecule has 0 saturated carbocycles. The van der Waals surface area contributed by atoms with Crippen LogP contribution in [0.3, 0.4) is 0 Å². The quantitative estimate of drug-likeness (QED) is 0.770. The average Bonchev–Trinajstić information content (AvgIpc) is 2.44. The summed E-state index contributed by atoms with van der Waals surface area (Å²) in [5, 5.41) is 0.550. The van der Waals surface area contributed by atoms with Gasteiger partial charge in [0.15, 0.2) is 5.78 Å². The molecule has 20 heavy (non-hydrogen) atoms. The Morgan fingerprint density at radius 1 is 1.20 bits per heavy atom. The lowest BCUT2D eigenvalue weighted by Gasteiger charge is -2.18. The number of rotatable bonds is 5. The highest BCUT2D eigenvalue weighted by atomic mass is 35.5. The van der Waals surface area contributed by atoms with Crippen LogP contribution in [0.2, 0.25) is 5.02 Å². The van der Waals surface area contributed by atoms with Gasteiger partial charge in [-0.25, -0.2) is 4.39 Å². The zero-order valence-electron chi connectivity index (χ0n) is 11.1. The van der Waals surface area contributed by atoms with Gasteiger partial charge in [0.25, 0.3) is 0 Å². The molecule has 4 heteroatoms. The van der Waals surface area contributed by atoms with Gasteiger partial charge in [0, 0.05) is 36.3 Å². The molecule has 0 N–H and O–H groups in total. The summed E-state index contributed by atoms with van der Waals surface area (Å²) < 4.78 is 13.1. The van der Waals surface area contributed by atoms with Crippen molar-refractivity contribution in [3.8, 4) is 0 Å². The monoisotopic (exact) mass is 291 g/mol. The van der Waals surface area contributed by atoms with Crippen molar-refractivity contribution >= 4 is 23.1 Å². The van der Waals surface area contributed by atoms with Crippen LogP contribution in [0.5, 0.6) is 0 Å². The Kier molecular flexibility index (Phi) is 4.74. The molecule has 0 heterocycles. The standard InChI is InChI=1S/C16H15ClFNO/c1-19(15-7-3-6-14(18)11-15)9-8-16(20)12-4-2-5-13(17)10-12/h2-7,10-11H,8-9H2,1H3. The Bertz CT molecular complexity index is 615. The molecule has 0 aliphatic carbocycles. The molecule has 0 bridgehead atoms. The van der Waals surface area contributed by atoms with Gasteiger partial charge >= 0.3 is 0 Å². The number of nitrogens with zero attached hydrogens (tertiary/aromatic N) is 1. The summed E-state index contributed by atoms with van der Waals surface area (Å²) in [7, 11) is 1.83. The third-order valence-corrected chi connectivity index (χ3v) is 3.30. The van der Waals surface area contributed by atoms with Gasteiger partial charge in [-0.3, -0.25) is 4.79 Å². The van der Waals surface area contributed by atoms with Gasteiger partial charge in [0.1, 0.15) is 5.82 Å². The molecular formula is C16H15ClFNO. The van der Waals surface area contributed by atoms with Crippen molar-refractivity contribution in [1.82, 2.24) is 0 Å². The number of hydrogen-bond acceptors (Lipinski definition) is 2. The first-order chi connectivity index (χ1) is 9.56. The largest absolute Gasteiger partial charge is 0.374 e. The molecule has 0 radical (unpaired) electrons. The van der Waals surface area contributed by atoms with Gasteiger partial charge in [0.05, 0.1) is 0 Å². The molecule has 0 aliphatic heterocycles. The minimum Gasteiger partial charge on any atom is -0.374 e. The molecule has 0 amide bonds. The SMILES string of the molecule is CN(CCC(=O)c1cccc(Cl)c1)c1cccc(F)c1. The summed E-state index contributed by atoms with van der Waals surface area (Å²) >= 11 is 5.86. The second kappa shape index (κ2) is 6.53. The number of hydrogen-bond donors (Lipinski definition) is 0. The number of Topliss-reactive ketones (excluding diaryl/α,β-unsaturated/α-hetero) is 1. The average molecular weight is 292 g/mol. The minimum absolute atomic E-state index is 0.0238. The van der Waals surface area contributed by atoms with E-state index in [2.05, 4.69) is 0 Å². The third-order valence-electron chi connectivity index (χ3n) is 3.07. The lowest BCUT2D eigenvalue weighted by molar-refractivity contribution is 0.0985. The molecular weight excluding hydrogens is 277 g/mol. The van der Waals surface area contributed by atoms with Gasteiger partial charge in [-0.15, -0.1) is 0 Å². The first-order valence-electron chi connectivity index (χ1n) is 6.32. The summed E-state index contributed by atoms with van der Waals surface area (Å²) in [6, 6.07) is 13.2. The van der Waals surface area contributed by atoms with Crippen LogP contribution in [0.4, 0.5) is 10.1 Å². The van der Waals surface area contributed by atoms with Crippen LogP contribution in [-0.2, 0) is 0 Å². The van der Waals surface area contributed by atoms with Gasteiger partial charge in [0.2, 0.25) is 0 Å². The third kappa shape index (κ3) is 3.81. The first kappa shape index (κ1) is 14.5. The smallest absolute Gasteiger partial charge is 0.164 e. The Balaban J connectivity index is 1.96. The van der Waals surface area contributed by atoms with Crippen LogP contribution < -0.4 is 4.90 Å². The van der Waals surface area contributed by atoms with E-state index in [4.69, 9.17) is 11.6 Å². The Morgan fingerprint density at radius 3 is 2.65 bits per heavy atom. The topological polar surface area (TPSA) is 20.3 Å². The molecule has 0 atom stereocenters. The van der Waals surface area contributed by atoms with E-state index in [9.17, 15) is 9.18 Å². The molecule has 2 nitrogen and oxygen atoms in total. The first-order valence-corrected chi connectivity index (χ1v) is 6.69. The number of ketones is 1. The van der Waals surface area contributed by atoms with E-state index in [0.29, 0.717) is 23.6 Å². The molecule has 0 spiro atoms. The van der Waals surface area contributed by atoms with Crippen molar-refractivity contribution in [1.29, 1.82) is 0 Å². The highest BCUT2D eigenvalue weighted by Gasteiger charge is 2.09. The van der Waals surface area contributed by atoms with Gasteiger partial charge in [-0.2, -0.15) is 0 Å². The van der Waals surface area contributed by atoms with Gasteiger partial charge in [-0.1, -0.05) is 29.8 Å². The summed E-state index contributed by atoms with van der Waals surface area (Å²) in [4.78, 5) is 13.9. The molecule has 0 fully saturated rings. The van der Waals surface area contributed by atoms with E-state index < -0.39 is 0 Å². The highest BCUT2D eigenvalue weighted by Crippen LogP contribution is 2.16. The lowest BCUT2D eigenvalue weighted by Crippen LogP contribution is -2.21. The lowest BCUT2D eigenvalue weighted by atomic mass is 10.1. The Labute approximate surface area is 122 Å². The fourth-order valence-electron chi connectivity index (χ4n) is 1.92. The zero-order chi connectivity index (χ0) is 14.5. The molecule has 2 aromatic carbocycles. The molecule has 0 aliphatic rings. The van der Waals surface area contributed by atoms with Gasteiger partial charge in [-0.05, 0) is 30.3 Å². The van der Waals surface area contributed by atoms with E-state index in [1.807, 2.05) is 18.0 Å². The van der Waals surface area contributed by atoms with Crippen LogP contribution in [0.1, 0.15) is 16.8 Å². The summed E-state index contributed by atoms with van der Waals surface area (Å²) in [5.41, 5.74) is 1.36. The van der Waals surface area contributed by atoms with E-state index in [1.165, 1.54) is 12.1 Å². The summed E-state index contributed by atoms with van der Waals surface area (Å²) in [6.07, 6.45) is 0.355. The van der Waals surface area contributed by atoms with Crippen molar-refractivity contribution in [2.75, 3.05) is 18.5 Å². The normalized spacial score (nSPS) is 10.3. The highest BCUT2D eigenvalue weighted by molar-refractivity contribution is 6.31. The summed E-state index contributed by atoms with van der Waals surface area (Å²) in [5.74, 6) is -0.258. The number of carbonyl (C=O) groups excluding carboxylic acids is 1. The summed E-state index contributed by atoms with van der Waals surface area (Å²) in [6.45, 7) is 0.523. The van der Waals surface area contributed by atoms with Crippen LogP contribution in [0, 0.1) is 5.82 Å². The number of benzene rings is 2. The van der Waals surface area contributed by atoms with Crippen molar-refractivity contribution in [3.05, 3.63) is 64.9 Å². The molecule has 0 aromatic heterocycles. The van der Waals surface area contributed by atoms with Crippen LogP contribution in [-0.4, -0.2) is 19.4 Å². The molecule has 2 aromatic rings. The van der Waals surface area contributed by atoms with E-state index in [1.54, 1.807) is 30.3 Å². The molecule has 104 valence electrons. The number of carbonyl (C=O) groups is 1. The number of halogens is 2. The van der Waals surface area contributed by atoms with Crippen molar-refractivity contribution in [2.45, 2.75) is 6.42 Å².